The molecule has 0 fully saturated rings. The number of anilines is 2. The third-order valence-corrected chi connectivity index (χ3v) is 3.01. The fourth-order valence-electron chi connectivity index (χ4n) is 1.87. The van der Waals surface area contributed by atoms with Gasteiger partial charge in [-0.15, -0.1) is 0 Å². The fourth-order valence-corrected chi connectivity index (χ4v) is 1.87. The molecule has 0 spiro atoms. The normalized spacial score (nSPS) is 10.1. The maximum absolute atomic E-state index is 12.4. The van der Waals surface area contributed by atoms with Crippen LogP contribution in [0.15, 0.2) is 48.7 Å². The highest BCUT2D eigenvalue weighted by atomic mass is 16.2. The second kappa shape index (κ2) is 6.70. The molecule has 1 aromatic heterocycles. The number of para-hydroxylation sites is 1. The van der Waals surface area contributed by atoms with Crippen LogP contribution in [0.3, 0.4) is 0 Å². The number of nitrogens with zero attached hydrogens (tertiary/aromatic N) is 2. The van der Waals surface area contributed by atoms with Crippen molar-refractivity contribution < 1.29 is 4.79 Å². The topological polar surface area (TPSA) is 45.2 Å². The number of amides is 1. The summed E-state index contributed by atoms with van der Waals surface area (Å²) >= 11 is 0. The molecule has 0 unspecified atom stereocenters. The highest BCUT2D eigenvalue weighted by Gasteiger charge is 2.14. The van der Waals surface area contributed by atoms with Crippen LogP contribution in [0.25, 0.3) is 0 Å². The SMILES string of the molecule is CCCNc1ccnc(C(=O)N(C)c2ccccc2)c1. The van der Waals surface area contributed by atoms with Gasteiger partial charge in [-0.25, -0.2) is 0 Å². The summed E-state index contributed by atoms with van der Waals surface area (Å²) in [5.41, 5.74) is 2.22. The van der Waals surface area contributed by atoms with E-state index in [1.165, 1.54) is 0 Å². The number of aromatic nitrogens is 1. The first-order valence-corrected chi connectivity index (χ1v) is 6.75. The lowest BCUT2D eigenvalue weighted by Gasteiger charge is -2.17. The van der Waals surface area contributed by atoms with Crippen LogP contribution >= 0.6 is 0 Å². The van der Waals surface area contributed by atoms with E-state index < -0.39 is 0 Å². The van der Waals surface area contributed by atoms with E-state index in [0.29, 0.717) is 5.69 Å². The lowest BCUT2D eigenvalue weighted by atomic mass is 10.2. The Bertz CT molecular complexity index is 569. The molecular weight excluding hydrogens is 250 g/mol. The maximum atomic E-state index is 12.4. The predicted molar refractivity (Wildman–Crippen MR) is 82.2 cm³/mol. The number of benzene rings is 1. The molecule has 0 bridgehead atoms. The summed E-state index contributed by atoms with van der Waals surface area (Å²) in [5.74, 6) is -0.114. The Hall–Kier alpha value is -2.36. The van der Waals surface area contributed by atoms with Gasteiger partial charge in [-0.3, -0.25) is 9.78 Å². The molecule has 0 aliphatic heterocycles. The lowest BCUT2D eigenvalue weighted by Crippen LogP contribution is -2.27. The Labute approximate surface area is 119 Å². The number of carbonyl (C=O) groups excluding carboxylic acids is 1. The number of nitrogens with one attached hydrogen (secondary N) is 1. The highest BCUT2D eigenvalue weighted by Crippen LogP contribution is 2.15. The van der Waals surface area contributed by atoms with Crippen LogP contribution in [-0.4, -0.2) is 24.5 Å². The molecule has 0 atom stereocenters. The smallest absolute Gasteiger partial charge is 0.276 e. The standard InChI is InChI=1S/C16H19N3O/c1-3-10-17-13-9-11-18-15(12-13)16(20)19(2)14-7-5-4-6-8-14/h4-9,11-12H,3,10H2,1-2H3,(H,17,18). The summed E-state index contributed by atoms with van der Waals surface area (Å²) in [7, 11) is 1.76. The molecule has 4 heteroatoms. The average Bonchev–Trinajstić information content (AvgIpc) is 2.52. The molecule has 0 radical (unpaired) electrons. The first-order valence-electron chi connectivity index (χ1n) is 6.75. The Morgan fingerprint density at radius 2 is 2.00 bits per heavy atom. The summed E-state index contributed by atoms with van der Waals surface area (Å²) < 4.78 is 0. The number of hydrogen-bond donors (Lipinski definition) is 1. The molecule has 0 aliphatic carbocycles. The average molecular weight is 269 g/mol. The van der Waals surface area contributed by atoms with E-state index in [9.17, 15) is 4.79 Å². The first kappa shape index (κ1) is 14.1. The summed E-state index contributed by atoms with van der Waals surface area (Å²) in [6.45, 7) is 2.98. The van der Waals surface area contributed by atoms with E-state index in [1.54, 1.807) is 24.2 Å². The lowest BCUT2D eigenvalue weighted by molar-refractivity contribution is 0.0988. The number of rotatable bonds is 5. The maximum Gasteiger partial charge on any atom is 0.276 e. The fraction of sp³-hybridized carbons (Fsp3) is 0.250. The molecule has 1 heterocycles. The van der Waals surface area contributed by atoms with Crippen LogP contribution in [0, 0.1) is 0 Å². The van der Waals surface area contributed by atoms with Crippen molar-refractivity contribution in [2.24, 2.45) is 0 Å². The number of hydrogen-bond acceptors (Lipinski definition) is 3. The van der Waals surface area contributed by atoms with Gasteiger partial charge in [-0.05, 0) is 30.7 Å². The molecular formula is C16H19N3O. The van der Waals surface area contributed by atoms with Gasteiger partial charge in [0.05, 0.1) is 0 Å². The van der Waals surface area contributed by atoms with Crippen molar-refractivity contribution in [2.75, 3.05) is 23.8 Å². The van der Waals surface area contributed by atoms with Crippen molar-refractivity contribution in [3.05, 3.63) is 54.4 Å². The van der Waals surface area contributed by atoms with Gasteiger partial charge in [-0.1, -0.05) is 25.1 Å². The molecule has 104 valence electrons. The first-order chi connectivity index (χ1) is 9.72. The minimum Gasteiger partial charge on any atom is -0.385 e. The van der Waals surface area contributed by atoms with Crippen LogP contribution < -0.4 is 10.2 Å². The van der Waals surface area contributed by atoms with E-state index in [1.807, 2.05) is 36.4 Å². The summed E-state index contributed by atoms with van der Waals surface area (Å²) in [6.07, 6.45) is 2.69. The monoisotopic (exact) mass is 269 g/mol. The van der Waals surface area contributed by atoms with Gasteiger partial charge < -0.3 is 10.2 Å². The molecule has 0 saturated carbocycles. The van der Waals surface area contributed by atoms with E-state index >= 15 is 0 Å². The molecule has 0 aliphatic rings. The van der Waals surface area contributed by atoms with E-state index in [-0.39, 0.29) is 5.91 Å². The van der Waals surface area contributed by atoms with Crippen LogP contribution in [0.2, 0.25) is 0 Å². The quantitative estimate of drug-likeness (QED) is 0.906. The second-order valence-corrected chi connectivity index (χ2v) is 4.56. The highest BCUT2D eigenvalue weighted by molar-refractivity contribution is 6.04. The molecule has 20 heavy (non-hydrogen) atoms. The Balaban J connectivity index is 2.16. The van der Waals surface area contributed by atoms with Crippen molar-refractivity contribution in [3.8, 4) is 0 Å². The minimum absolute atomic E-state index is 0.114. The van der Waals surface area contributed by atoms with Crippen LogP contribution in [0.5, 0.6) is 0 Å². The molecule has 1 amide bonds. The summed E-state index contributed by atoms with van der Waals surface area (Å²) in [4.78, 5) is 18.2. The Kier molecular flexibility index (Phi) is 4.71. The summed E-state index contributed by atoms with van der Waals surface area (Å²) in [6, 6.07) is 13.2. The molecule has 0 saturated heterocycles. The molecule has 1 aromatic carbocycles. The van der Waals surface area contributed by atoms with Gasteiger partial charge >= 0.3 is 0 Å². The van der Waals surface area contributed by atoms with Crippen molar-refractivity contribution in [1.82, 2.24) is 4.98 Å². The zero-order chi connectivity index (χ0) is 14.4. The third-order valence-electron chi connectivity index (χ3n) is 3.01. The molecule has 2 rings (SSSR count). The van der Waals surface area contributed by atoms with Crippen molar-refractivity contribution >= 4 is 17.3 Å². The van der Waals surface area contributed by atoms with Gasteiger partial charge in [0.25, 0.3) is 5.91 Å². The molecule has 2 aromatic rings. The summed E-state index contributed by atoms with van der Waals surface area (Å²) in [5, 5.41) is 3.26. The van der Waals surface area contributed by atoms with Gasteiger partial charge in [-0.2, -0.15) is 0 Å². The second-order valence-electron chi connectivity index (χ2n) is 4.56. The van der Waals surface area contributed by atoms with Crippen LogP contribution in [0.1, 0.15) is 23.8 Å². The van der Waals surface area contributed by atoms with Crippen LogP contribution in [0.4, 0.5) is 11.4 Å². The molecule has 4 nitrogen and oxygen atoms in total. The van der Waals surface area contributed by atoms with E-state index in [4.69, 9.17) is 0 Å². The predicted octanol–water partition coefficient (Wildman–Crippen LogP) is 3.18. The molecule has 1 N–H and O–H groups in total. The van der Waals surface area contributed by atoms with E-state index in [2.05, 4.69) is 17.2 Å². The van der Waals surface area contributed by atoms with Gasteiger partial charge in [0, 0.05) is 31.2 Å². The largest absolute Gasteiger partial charge is 0.385 e. The van der Waals surface area contributed by atoms with Gasteiger partial charge in [0.1, 0.15) is 5.69 Å². The third kappa shape index (κ3) is 3.35. The number of carbonyl (C=O) groups is 1. The minimum atomic E-state index is -0.114. The zero-order valence-electron chi connectivity index (χ0n) is 11.8. The van der Waals surface area contributed by atoms with Crippen molar-refractivity contribution in [2.45, 2.75) is 13.3 Å². The van der Waals surface area contributed by atoms with Gasteiger partial charge in [0.2, 0.25) is 0 Å². The Morgan fingerprint density at radius 3 is 2.70 bits per heavy atom. The van der Waals surface area contributed by atoms with Crippen molar-refractivity contribution in [1.29, 1.82) is 0 Å². The zero-order valence-corrected chi connectivity index (χ0v) is 11.8. The number of pyridine rings is 1. The Morgan fingerprint density at radius 1 is 1.25 bits per heavy atom. The van der Waals surface area contributed by atoms with Gasteiger partial charge in [0.15, 0.2) is 0 Å². The van der Waals surface area contributed by atoms with E-state index in [0.717, 1.165) is 24.3 Å². The van der Waals surface area contributed by atoms with Crippen LogP contribution in [-0.2, 0) is 0 Å². The van der Waals surface area contributed by atoms with Crippen molar-refractivity contribution in [3.63, 3.8) is 0 Å².